The topological polar surface area (TPSA) is 40.5 Å². The summed E-state index contributed by atoms with van der Waals surface area (Å²) in [5.41, 5.74) is 1.07. The molecule has 0 atom stereocenters. The number of carbonyl (C=O) groups is 1. The smallest absolute Gasteiger partial charge is 0.305 e. The van der Waals surface area contributed by atoms with Crippen LogP contribution in [0.1, 0.15) is 26.2 Å². The van der Waals surface area contributed by atoms with Gasteiger partial charge >= 0.3 is 5.97 Å². The largest absolute Gasteiger partial charge is 0.481 e. The van der Waals surface area contributed by atoms with Crippen LogP contribution in [0.4, 0.5) is 5.69 Å². The van der Waals surface area contributed by atoms with Gasteiger partial charge in [0.15, 0.2) is 0 Å². The minimum atomic E-state index is -0.751. The van der Waals surface area contributed by atoms with E-state index in [1.807, 2.05) is 24.3 Å². The molecule has 0 unspecified atom stereocenters. The molecule has 0 heterocycles. The Hall–Kier alpha value is -1.03. The number of carboxylic acid groups (broad SMARTS) is 1. The van der Waals surface area contributed by atoms with Gasteiger partial charge in [0.05, 0.1) is 12.1 Å². The maximum atomic E-state index is 10.7. The molecule has 0 amide bonds. The summed E-state index contributed by atoms with van der Waals surface area (Å²) >= 11 is 3.51. The second-order valence-corrected chi connectivity index (χ2v) is 4.79. The highest BCUT2D eigenvalue weighted by atomic mass is 79.9. The van der Waals surface area contributed by atoms with E-state index in [0.717, 1.165) is 29.5 Å². The Morgan fingerprint density at radius 1 is 1.35 bits per heavy atom. The van der Waals surface area contributed by atoms with E-state index in [4.69, 9.17) is 5.11 Å². The molecule has 0 fully saturated rings. The predicted octanol–water partition coefficient (Wildman–Crippen LogP) is 3.53. The maximum absolute atomic E-state index is 10.7. The first-order chi connectivity index (χ1) is 8.15. The van der Waals surface area contributed by atoms with Crippen molar-refractivity contribution in [3.8, 4) is 0 Å². The molecule has 17 heavy (non-hydrogen) atoms. The molecule has 3 nitrogen and oxygen atoms in total. The first-order valence-electron chi connectivity index (χ1n) is 5.86. The standard InChI is InChI=1S/C13H18BrNO2/c1-2-3-9-15(10-8-13(16)17)12-7-5-4-6-11(12)14/h4-7H,2-3,8-10H2,1H3,(H,16,17). The number of hydrogen-bond acceptors (Lipinski definition) is 2. The summed E-state index contributed by atoms with van der Waals surface area (Å²) < 4.78 is 1.02. The van der Waals surface area contributed by atoms with Crippen LogP contribution in [0, 0.1) is 0 Å². The molecule has 0 spiro atoms. The van der Waals surface area contributed by atoms with Crippen molar-refractivity contribution in [1.82, 2.24) is 0 Å². The van der Waals surface area contributed by atoms with E-state index >= 15 is 0 Å². The number of carboxylic acids is 1. The van der Waals surface area contributed by atoms with Crippen molar-refractivity contribution >= 4 is 27.6 Å². The lowest BCUT2D eigenvalue weighted by Gasteiger charge is -2.25. The van der Waals surface area contributed by atoms with E-state index in [1.54, 1.807) is 0 Å². The van der Waals surface area contributed by atoms with Crippen molar-refractivity contribution in [3.05, 3.63) is 28.7 Å². The Morgan fingerprint density at radius 2 is 2.06 bits per heavy atom. The van der Waals surface area contributed by atoms with Crippen LogP contribution in [0.5, 0.6) is 0 Å². The third kappa shape index (κ3) is 4.77. The highest BCUT2D eigenvalue weighted by Gasteiger charge is 2.10. The summed E-state index contributed by atoms with van der Waals surface area (Å²) in [5.74, 6) is -0.751. The molecular weight excluding hydrogens is 282 g/mol. The lowest BCUT2D eigenvalue weighted by molar-refractivity contribution is -0.136. The van der Waals surface area contributed by atoms with Crippen LogP contribution in [-0.4, -0.2) is 24.2 Å². The number of nitrogens with zero attached hydrogens (tertiary/aromatic N) is 1. The highest BCUT2D eigenvalue weighted by Crippen LogP contribution is 2.26. The Morgan fingerprint density at radius 3 is 2.65 bits per heavy atom. The van der Waals surface area contributed by atoms with Crippen molar-refractivity contribution in [2.75, 3.05) is 18.0 Å². The molecule has 0 aliphatic heterocycles. The van der Waals surface area contributed by atoms with Crippen LogP contribution in [0.15, 0.2) is 28.7 Å². The minimum Gasteiger partial charge on any atom is -0.481 e. The van der Waals surface area contributed by atoms with Crippen molar-refractivity contribution in [1.29, 1.82) is 0 Å². The number of para-hydroxylation sites is 1. The molecule has 1 aromatic rings. The summed E-state index contributed by atoms with van der Waals surface area (Å²) in [6.45, 7) is 3.58. The first-order valence-corrected chi connectivity index (χ1v) is 6.65. The Kier molecular flexibility index (Phi) is 6.05. The van der Waals surface area contributed by atoms with Gasteiger partial charge in [-0.25, -0.2) is 0 Å². The fraction of sp³-hybridized carbons (Fsp3) is 0.462. The molecule has 0 saturated carbocycles. The average molecular weight is 300 g/mol. The molecule has 4 heteroatoms. The van der Waals surface area contributed by atoms with Crippen molar-refractivity contribution in [3.63, 3.8) is 0 Å². The minimum absolute atomic E-state index is 0.172. The van der Waals surface area contributed by atoms with E-state index in [1.165, 1.54) is 0 Å². The number of halogens is 1. The molecule has 0 aliphatic rings. The fourth-order valence-corrected chi connectivity index (χ4v) is 2.18. The summed E-state index contributed by atoms with van der Waals surface area (Å²) in [4.78, 5) is 12.8. The van der Waals surface area contributed by atoms with Crippen molar-refractivity contribution in [2.24, 2.45) is 0 Å². The third-order valence-corrected chi connectivity index (χ3v) is 3.24. The van der Waals surface area contributed by atoms with Crippen LogP contribution in [0.3, 0.4) is 0 Å². The van der Waals surface area contributed by atoms with Crippen LogP contribution in [-0.2, 0) is 4.79 Å². The SMILES string of the molecule is CCCCN(CCC(=O)O)c1ccccc1Br. The van der Waals surface area contributed by atoms with Gasteiger partial charge in [-0.2, -0.15) is 0 Å². The summed E-state index contributed by atoms with van der Waals surface area (Å²) in [5, 5.41) is 8.77. The number of unbranched alkanes of at least 4 members (excludes halogenated alkanes) is 1. The molecule has 1 N–H and O–H groups in total. The van der Waals surface area contributed by atoms with Crippen LogP contribution in [0.2, 0.25) is 0 Å². The zero-order valence-electron chi connectivity index (χ0n) is 10.0. The maximum Gasteiger partial charge on any atom is 0.305 e. The number of aliphatic carboxylic acids is 1. The Balaban J connectivity index is 2.74. The van der Waals surface area contributed by atoms with Crippen LogP contribution >= 0.6 is 15.9 Å². The molecule has 0 saturated heterocycles. The average Bonchev–Trinajstić information content (AvgIpc) is 2.30. The zero-order valence-corrected chi connectivity index (χ0v) is 11.6. The van der Waals surface area contributed by atoms with E-state index in [9.17, 15) is 4.79 Å². The van der Waals surface area contributed by atoms with E-state index in [-0.39, 0.29) is 6.42 Å². The van der Waals surface area contributed by atoms with Crippen molar-refractivity contribution in [2.45, 2.75) is 26.2 Å². The quantitative estimate of drug-likeness (QED) is 0.837. The van der Waals surface area contributed by atoms with Crippen LogP contribution in [0.25, 0.3) is 0 Å². The van der Waals surface area contributed by atoms with Gasteiger partial charge in [0.1, 0.15) is 0 Å². The number of hydrogen-bond donors (Lipinski definition) is 1. The zero-order chi connectivity index (χ0) is 12.7. The normalized spacial score (nSPS) is 10.2. The first kappa shape index (κ1) is 14.0. The second-order valence-electron chi connectivity index (χ2n) is 3.94. The van der Waals surface area contributed by atoms with Gasteiger partial charge in [-0.3, -0.25) is 4.79 Å². The molecule has 0 radical (unpaired) electrons. The molecule has 0 bridgehead atoms. The van der Waals surface area contributed by atoms with Gasteiger partial charge in [-0.05, 0) is 34.5 Å². The number of benzene rings is 1. The summed E-state index contributed by atoms with van der Waals surface area (Å²) in [7, 11) is 0. The number of anilines is 1. The summed E-state index contributed by atoms with van der Waals surface area (Å²) in [6.07, 6.45) is 2.35. The molecular formula is C13H18BrNO2. The lowest BCUT2D eigenvalue weighted by atomic mass is 10.2. The molecule has 0 aliphatic carbocycles. The molecule has 1 aromatic carbocycles. The second kappa shape index (κ2) is 7.33. The summed E-state index contributed by atoms with van der Waals surface area (Å²) in [6, 6.07) is 7.93. The molecule has 1 rings (SSSR count). The van der Waals surface area contributed by atoms with Gasteiger partial charge in [0, 0.05) is 17.6 Å². The predicted molar refractivity (Wildman–Crippen MR) is 73.5 cm³/mol. The van der Waals surface area contributed by atoms with Gasteiger partial charge < -0.3 is 10.0 Å². The van der Waals surface area contributed by atoms with E-state index < -0.39 is 5.97 Å². The van der Waals surface area contributed by atoms with Gasteiger partial charge in [-0.1, -0.05) is 25.5 Å². The van der Waals surface area contributed by atoms with Gasteiger partial charge in [0.25, 0.3) is 0 Å². The Bertz CT molecular complexity index is 368. The Labute approximate surface area is 111 Å². The van der Waals surface area contributed by atoms with E-state index in [0.29, 0.717) is 6.54 Å². The lowest BCUT2D eigenvalue weighted by Crippen LogP contribution is -2.27. The van der Waals surface area contributed by atoms with Gasteiger partial charge in [0.2, 0.25) is 0 Å². The van der Waals surface area contributed by atoms with Crippen molar-refractivity contribution < 1.29 is 9.90 Å². The molecule has 0 aromatic heterocycles. The molecule has 94 valence electrons. The monoisotopic (exact) mass is 299 g/mol. The highest BCUT2D eigenvalue weighted by molar-refractivity contribution is 9.10. The fourth-order valence-electron chi connectivity index (χ4n) is 1.64. The van der Waals surface area contributed by atoms with Gasteiger partial charge in [-0.15, -0.1) is 0 Å². The third-order valence-electron chi connectivity index (χ3n) is 2.57. The van der Waals surface area contributed by atoms with Crippen LogP contribution < -0.4 is 4.90 Å². The van der Waals surface area contributed by atoms with E-state index in [2.05, 4.69) is 27.8 Å². The number of rotatable bonds is 7.